The third-order valence-electron chi connectivity index (χ3n) is 4.80. The van der Waals surface area contributed by atoms with E-state index in [1.807, 2.05) is 5.38 Å². The Hall–Kier alpha value is -1.72. The van der Waals surface area contributed by atoms with Gasteiger partial charge in [0.1, 0.15) is 0 Å². The van der Waals surface area contributed by atoms with Crippen molar-refractivity contribution in [1.29, 1.82) is 0 Å². The van der Waals surface area contributed by atoms with E-state index in [0.29, 0.717) is 23.8 Å². The third-order valence-corrected chi connectivity index (χ3v) is 5.56. The van der Waals surface area contributed by atoms with Crippen LogP contribution in [0.2, 0.25) is 0 Å². The molecule has 3 rings (SSSR count). The number of aromatic nitrogens is 1. The van der Waals surface area contributed by atoms with E-state index < -0.39 is 0 Å². The SMILES string of the molecule is Cc1ccc(-c2csc(NC(=O)CN3C(C)CCCC3C)n2)cc1. The van der Waals surface area contributed by atoms with E-state index in [0.717, 1.165) is 11.3 Å². The number of benzene rings is 1. The molecule has 2 atom stereocenters. The molecule has 0 spiro atoms. The van der Waals surface area contributed by atoms with Gasteiger partial charge in [0, 0.05) is 23.0 Å². The number of hydrogen-bond acceptors (Lipinski definition) is 4. The minimum atomic E-state index is 0.0282. The Morgan fingerprint density at radius 1 is 1.25 bits per heavy atom. The van der Waals surface area contributed by atoms with E-state index >= 15 is 0 Å². The summed E-state index contributed by atoms with van der Waals surface area (Å²) in [5.41, 5.74) is 3.22. The predicted molar refractivity (Wildman–Crippen MR) is 100 cm³/mol. The lowest BCUT2D eigenvalue weighted by atomic mass is 9.97. The molecule has 1 amide bonds. The van der Waals surface area contributed by atoms with Gasteiger partial charge in [-0.1, -0.05) is 36.2 Å². The summed E-state index contributed by atoms with van der Waals surface area (Å²) < 4.78 is 0. The summed E-state index contributed by atoms with van der Waals surface area (Å²) in [6.45, 7) is 6.94. The lowest BCUT2D eigenvalue weighted by molar-refractivity contribution is -0.118. The molecule has 1 saturated heterocycles. The summed E-state index contributed by atoms with van der Waals surface area (Å²) in [6, 6.07) is 9.22. The zero-order valence-electron chi connectivity index (χ0n) is 14.6. The molecule has 5 heteroatoms. The second-order valence-electron chi connectivity index (χ2n) is 6.75. The maximum absolute atomic E-state index is 12.4. The van der Waals surface area contributed by atoms with Gasteiger partial charge in [-0.2, -0.15) is 0 Å². The fourth-order valence-corrected chi connectivity index (χ4v) is 4.03. The number of thiazole rings is 1. The molecule has 1 fully saturated rings. The molecule has 128 valence electrons. The van der Waals surface area contributed by atoms with Gasteiger partial charge in [-0.25, -0.2) is 4.98 Å². The van der Waals surface area contributed by atoms with Crippen molar-refractivity contribution in [3.05, 3.63) is 35.2 Å². The van der Waals surface area contributed by atoms with Crippen LogP contribution < -0.4 is 5.32 Å². The molecular formula is C19H25N3OS. The quantitative estimate of drug-likeness (QED) is 0.899. The summed E-state index contributed by atoms with van der Waals surface area (Å²) in [5, 5.41) is 5.63. The van der Waals surface area contributed by atoms with Crippen LogP contribution in [0.4, 0.5) is 5.13 Å². The molecule has 0 bridgehead atoms. The first kappa shape index (κ1) is 17.1. The van der Waals surface area contributed by atoms with Gasteiger partial charge >= 0.3 is 0 Å². The lowest BCUT2D eigenvalue weighted by Crippen LogP contribution is -2.47. The topological polar surface area (TPSA) is 45.2 Å². The van der Waals surface area contributed by atoms with Gasteiger partial charge < -0.3 is 5.32 Å². The first-order chi connectivity index (χ1) is 11.5. The fraction of sp³-hybridized carbons (Fsp3) is 0.474. The van der Waals surface area contributed by atoms with Gasteiger partial charge in [-0.3, -0.25) is 9.69 Å². The van der Waals surface area contributed by atoms with E-state index in [1.165, 1.54) is 36.2 Å². The molecule has 0 saturated carbocycles. The number of carbonyl (C=O) groups is 1. The van der Waals surface area contributed by atoms with Crippen LogP contribution in [0.5, 0.6) is 0 Å². The van der Waals surface area contributed by atoms with Crippen LogP contribution in [0.3, 0.4) is 0 Å². The van der Waals surface area contributed by atoms with E-state index in [4.69, 9.17) is 0 Å². The van der Waals surface area contributed by atoms with Crippen LogP contribution in [0.1, 0.15) is 38.7 Å². The van der Waals surface area contributed by atoms with Crippen LogP contribution >= 0.6 is 11.3 Å². The van der Waals surface area contributed by atoms with Gasteiger partial charge in [0.05, 0.1) is 12.2 Å². The van der Waals surface area contributed by atoms with Crippen molar-refractivity contribution in [2.24, 2.45) is 0 Å². The molecule has 1 aliphatic heterocycles. The van der Waals surface area contributed by atoms with Gasteiger partial charge in [-0.15, -0.1) is 11.3 Å². The molecule has 1 aromatic carbocycles. The highest BCUT2D eigenvalue weighted by molar-refractivity contribution is 7.14. The number of amides is 1. The highest BCUT2D eigenvalue weighted by Gasteiger charge is 2.26. The van der Waals surface area contributed by atoms with E-state index in [9.17, 15) is 4.79 Å². The molecule has 2 unspecified atom stereocenters. The number of carbonyl (C=O) groups excluding carboxylic acids is 1. The third kappa shape index (κ3) is 4.02. The Morgan fingerprint density at radius 2 is 1.92 bits per heavy atom. The molecule has 1 N–H and O–H groups in total. The van der Waals surface area contributed by atoms with Crippen LogP contribution in [-0.2, 0) is 4.79 Å². The van der Waals surface area contributed by atoms with Crippen molar-refractivity contribution < 1.29 is 4.79 Å². The molecule has 4 nitrogen and oxygen atoms in total. The average Bonchev–Trinajstić information content (AvgIpc) is 3.00. The molecule has 24 heavy (non-hydrogen) atoms. The van der Waals surface area contributed by atoms with Crippen molar-refractivity contribution >= 4 is 22.4 Å². The Morgan fingerprint density at radius 3 is 2.58 bits per heavy atom. The van der Waals surface area contributed by atoms with Gasteiger partial charge in [0.2, 0.25) is 5.91 Å². The standard InChI is InChI=1S/C19H25N3OS/c1-13-7-9-16(10-8-13)17-12-24-19(20-17)21-18(23)11-22-14(2)5-4-6-15(22)3/h7-10,12,14-15H,4-6,11H2,1-3H3,(H,20,21,23). The first-order valence-corrected chi connectivity index (χ1v) is 9.49. The zero-order chi connectivity index (χ0) is 17.1. The van der Waals surface area contributed by atoms with Crippen molar-refractivity contribution in [3.63, 3.8) is 0 Å². The zero-order valence-corrected chi connectivity index (χ0v) is 15.4. The second kappa shape index (κ2) is 7.45. The predicted octanol–water partition coefficient (Wildman–Crippen LogP) is 4.32. The van der Waals surface area contributed by atoms with Crippen molar-refractivity contribution in [1.82, 2.24) is 9.88 Å². The number of rotatable bonds is 4. The number of nitrogens with zero attached hydrogens (tertiary/aromatic N) is 2. The first-order valence-electron chi connectivity index (χ1n) is 8.61. The van der Waals surface area contributed by atoms with Crippen LogP contribution in [-0.4, -0.2) is 34.4 Å². The maximum atomic E-state index is 12.4. The Kier molecular flexibility index (Phi) is 5.31. The minimum Gasteiger partial charge on any atom is -0.301 e. The summed E-state index contributed by atoms with van der Waals surface area (Å²) in [7, 11) is 0. The van der Waals surface area contributed by atoms with Crippen molar-refractivity contribution in [2.45, 2.75) is 52.1 Å². The molecule has 2 aromatic rings. The summed E-state index contributed by atoms with van der Waals surface area (Å²) in [4.78, 5) is 19.2. The molecular weight excluding hydrogens is 318 g/mol. The molecule has 2 heterocycles. The van der Waals surface area contributed by atoms with E-state index in [2.05, 4.69) is 60.2 Å². The molecule has 0 aliphatic carbocycles. The number of hydrogen-bond donors (Lipinski definition) is 1. The Balaban J connectivity index is 1.62. The molecule has 1 aromatic heterocycles. The van der Waals surface area contributed by atoms with Gasteiger partial charge in [0.25, 0.3) is 0 Å². The maximum Gasteiger partial charge on any atom is 0.240 e. The number of anilines is 1. The Labute approximate surface area is 147 Å². The lowest BCUT2D eigenvalue weighted by Gasteiger charge is -2.38. The monoisotopic (exact) mass is 343 g/mol. The van der Waals surface area contributed by atoms with E-state index in [-0.39, 0.29) is 5.91 Å². The van der Waals surface area contributed by atoms with Crippen molar-refractivity contribution in [3.8, 4) is 11.3 Å². The summed E-state index contributed by atoms with van der Waals surface area (Å²) >= 11 is 1.48. The molecule has 0 radical (unpaired) electrons. The van der Waals surface area contributed by atoms with Crippen LogP contribution in [0.25, 0.3) is 11.3 Å². The smallest absolute Gasteiger partial charge is 0.240 e. The number of nitrogens with one attached hydrogen (secondary N) is 1. The summed E-state index contributed by atoms with van der Waals surface area (Å²) in [5.74, 6) is 0.0282. The van der Waals surface area contributed by atoms with Crippen LogP contribution in [0.15, 0.2) is 29.6 Å². The normalized spacial score (nSPS) is 21.6. The highest BCUT2D eigenvalue weighted by atomic mass is 32.1. The van der Waals surface area contributed by atoms with Gasteiger partial charge in [0.15, 0.2) is 5.13 Å². The number of likely N-dealkylation sites (tertiary alicyclic amines) is 1. The Bertz CT molecular complexity index is 685. The molecule has 1 aliphatic rings. The number of aryl methyl sites for hydroxylation is 1. The summed E-state index contributed by atoms with van der Waals surface area (Å²) in [6.07, 6.45) is 3.60. The fourth-order valence-electron chi connectivity index (χ4n) is 3.30. The number of piperidine rings is 1. The highest BCUT2D eigenvalue weighted by Crippen LogP contribution is 2.26. The van der Waals surface area contributed by atoms with Gasteiger partial charge in [-0.05, 0) is 33.6 Å². The van der Waals surface area contributed by atoms with E-state index in [1.54, 1.807) is 0 Å². The minimum absolute atomic E-state index is 0.0282. The van der Waals surface area contributed by atoms with Crippen LogP contribution in [0, 0.1) is 6.92 Å². The average molecular weight is 343 g/mol. The second-order valence-corrected chi connectivity index (χ2v) is 7.61. The van der Waals surface area contributed by atoms with Crippen molar-refractivity contribution in [2.75, 3.05) is 11.9 Å². The largest absolute Gasteiger partial charge is 0.301 e.